The normalized spacial score (nSPS) is 10.1. The Labute approximate surface area is 90.4 Å². The number of ether oxygens (including phenoxy) is 1. The molecule has 0 aliphatic rings. The fourth-order valence-corrected chi connectivity index (χ4v) is 1.44. The van der Waals surface area contributed by atoms with Crippen molar-refractivity contribution in [1.82, 2.24) is 0 Å². The first-order chi connectivity index (χ1) is 7.11. The molecule has 1 N–H and O–H groups in total. The highest BCUT2D eigenvalue weighted by molar-refractivity contribution is 5.91. The number of anilines is 1. The van der Waals surface area contributed by atoms with Gasteiger partial charge in [0.05, 0.1) is 0 Å². The minimum atomic E-state index is -0.109. The van der Waals surface area contributed by atoms with E-state index in [4.69, 9.17) is 4.74 Å². The van der Waals surface area contributed by atoms with Crippen LogP contribution in [0.5, 0.6) is 0 Å². The number of carbonyl (C=O) groups is 1. The lowest BCUT2D eigenvalue weighted by atomic mass is 10.1. The standard InChI is InChI=1S/C12H17NO2/c1-4-15-8-12(14)13-11-6-9(2)5-10(3)7-11/h5-7H,4,8H2,1-3H3,(H,13,14). The molecule has 0 aliphatic heterocycles. The van der Waals surface area contributed by atoms with Crippen LogP contribution in [-0.2, 0) is 9.53 Å². The number of benzene rings is 1. The molecule has 3 heteroatoms. The van der Waals surface area contributed by atoms with E-state index in [1.807, 2.05) is 32.9 Å². The minimum Gasteiger partial charge on any atom is -0.372 e. The molecule has 1 aromatic rings. The summed E-state index contributed by atoms with van der Waals surface area (Å²) in [6.07, 6.45) is 0. The van der Waals surface area contributed by atoms with Crippen molar-refractivity contribution in [2.75, 3.05) is 18.5 Å². The van der Waals surface area contributed by atoms with Gasteiger partial charge < -0.3 is 10.1 Å². The van der Waals surface area contributed by atoms with Crippen LogP contribution >= 0.6 is 0 Å². The molecule has 0 saturated carbocycles. The van der Waals surface area contributed by atoms with E-state index in [2.05, 4.69) is 11.4 Å². The topological polar surface area (TPSA) is 38.3 Å². The quantitative estimate of drug-likeness (QED) is 0.822. The van der Waals surface area contributed by atoms with Crippen molar-refractivity contribution in [2.45, 2.75) is 20.8 Å². The molecule has 0 aromatic heterocycles. The molecule has 0 spiro atoms. The van der Waals surface area contributed by atoms with Crippen LogP contribution in [0.1, 0.15) is 18.1 Å². The van der Waals surface area contributed by atoms with Crippen molar-refractivity contribution >= 4 is 11.6 Å². The summed E-state index contributed by atoms with van der Waals surface area (Å²) in [5, 5.41) is 2.79. The summed E-state index contributed by atoms with van der Waals surface area (Å²) in [4.78, 5) is 11.4. The third-order valence-corrected chi connectivity index (χ3v) is 1.94. The summed E-state index contributed by atoms with van der Waals surface area (Å²) < 4.78 is 5.02. The SMILES string of the molecule is CCOCC(=O)Nc1cc(C)cc(C)c1. The van der Waals surface area contributed by atoms with Crippen LogP contribution in [0, 0.1) is 13.8 Å². The fraction of sp³-hybridized carbons (Fsp3) is 0.417. The van der Waals surface area contributed by atoms with E-state index in [0.717, 1.165) is 16.8 Å². The molecule has 3 nitrogen and oxygen atoms in total. The van der Waals surface area contributed by atoms with Gasteiger partial charge in [-0.3, -0.25) is 4.79 Å². The van der Waals surface area contributed by atoms with E-state index in [1.165, 1.54) is 0 Å². The predicted molar refractivity (Wildman–Crippen MR) is 61.0 cm³/mol. The third kappa shape index (κ3) is 4.13. The Morgan fingerprint density at radius 3 is 2.40 bits per heavy atom. The van der Waals surface area contributed by atoms with Gasteiger partial charge in [0.25, 0.3) is 0 Å². The summed E-state index contributed by atoms with van der Waals surface area (Å²) in [6, 6.07) is 5.95. The second-order valence-electron chi connectivity index (χ2n) is 3.56. The molecule has 0 aliphatic carbocycles. The predicted octanol–water partition coefficient (Wildman–Crippen LogP) is 2.28. The van der Waals surface area contributed by atoms with Crippen molar-refractivity contribution in [2.24, 2.45) is 0 Å². The van der Waals surface area contributed by atoms with Gasteiger partial charge in [0, 0.05) is 12.3 Å². The Morgan fingerprint density at radius 2 is 1.87 bits per heavy atom. The van der Waals surface area contributed by atoms with E-state index in [9.17, 15) is 4.79 Å². The smallest absolute Gasteiger partial charge is 0.250 e. The highest BCUT2D eigenvalue weighted by Crippen LogP contribution is 2.13. The monoisotopic (exact) mass is 207 g/mol. The Bertz CT molecular complexity index is 327. The molecule has 0 atom stereocenters. The zero-order valence-electron chi connectivity index (χ0n) is 9.46. The summed E-state index contributed by atoms with van der Waals surface area (Å²) >= 11 is 0. The number of aryl methyl sites for hydroxylation is 2. The van der Waals surface area contributed by atoms with Gasteiger partial charge in [-0.2, -0.15) is 0 Å². The molecule has 0 fully saturated rings. The molecule has 0 unspecified atom stereocenters. The molecular weight excluding hydrogens is 190 g/mol. The zero-order chi connectivity index (χ0) is 11.3. The molecule has 0 heterocycles. The maximum atomic E-state index is 11.4. The fourth-order valence-electron chi connectivity index (χ4n) is 1.44. The van der Waals surface area contributed by atoms with Crippen LogP contribution < -0.4 is 5.32 Å². The molecule has 0 saturated heterocycles. The Balaban J connectivity index is 2.60. The summed E-state index contributed by atoms with van der Waals surface area (Å²) in [6.45, 7) is 6.55. The van der Waals surface area contributed by atoms with Gasteiger partial charge in [-0.15, -0.1) is 0 Å². The first kappa shape index (κ1) is 11.7. The lowest BCUT2D eigenvalue weighted by Gasteiger charge is -2.07. The van der Waals surface area contributed by atoms with Crippen LogP contribution in [0.15, 0.2) is 18.2 Å². The zero-order valence-corrected chi connectivity index (χ0v) is 9.46. The Hall–Kier alpha value is -1.35. The number of carbonyl (C=O) groups excluding carboxylic acids is 1. The molecule has 0 bridgehead atoms. The second kappa shape index (κ2) is 5.51. The van der Waals surface area contributed by atoms with Gasteiger partial charge in [0.1, 0.15) is 6.61 Å². The molecular formula is C12H17NO2. The second-order valence-corrected chi connectivity index (χ2v) is 3.56. The molecule has 1 rings (SSSR count). The van der Waals surface area contributed by atoms with Crippen LogP contribution in [-0.4, -0.2) is 19.1 Å². The van der Waals surface area contributed by atoms with Gasteiger partial charge >= 0.3 is 0 Å². The first-order valence-electron chi connectivity index (χ1n) is 5.07. The molecule has 1 amide bonds. The van der Waals surface area contributed by atoms with Crippen molar-refractivity contribution in [1.29, 1.82) is 0 Å². The lowest BCUT2D eigenvalue weighted by Crippen LogP contribution is -2.18. The number of amides is 1. The molecule has 82 valence electrons. The number of hydrogen-bond acceptors (Lipinski definition) is 2. The number of hydrogen-bond donors (Lipinski definition) is 1. The summed E-state index contributed by atoms with van der Waals surface area (Å²) in [5.41, 5.74) is 3.11. The van der Waals surface area contributed by atoms with Gasteiger partial charge in [-0.05, 0) is 44.0 Å². The van der Waals surface area contributed by atoms with Crippen molar-refractivity contribution in [3.63, 3.8) is 0 Å². The van der Waals surface area contributed by atoms with Crippen molar-refractivity contribution < 1.29 is 9.53 Å². The number of rotatable bonds is 4. The van der Waals surface area contributed by atoms with Crippen LogP contribution in [0.2, 0.25) is 0 Å². The van der Waals surface area contributed by atoms with Crippen LogP contribution in [0.3, 0.4) is 0 Å². The van der Waals surface area contributed by atoms with Crippen molar-refractivity contribution in [3.05, 3.63) is 29.3 Å². The largest absolute Gasteiger partial charge is 0.372 e. The molecule has 15 heavy (non-hydrogen) atoms. The van der Waals surface area contributed by atoms with E-state index in [-0.39, 0.29) is 12.5 Å². The molecule has 0 radical (unpaired) electrons. The lowest BCUT2D eigenvalue weighted by molar-refractivity contribution is -0.120. The summed E-state index contributed by atoms with van der Waals surface area (Å²) in [7, 11) is 0. The average molecular weight is 207 g/mol. The molecule has 1 aromatic carbocycles. The maximum Gasteiger partial charge on any atom is 0.250 e. The van der Waals surface area contributed by atoms with E-state index in [1.54, 1.807) is 0 Å². The maximum absolute atomic E-state index is 11.4. The average Bonchev–Trinajstić information content (AvgIpc) is 2.13. The van der Waals surface area contributed by atoms with Crippen LogP contribution in [0.25, 0.3) is 0 Å². The Kier molecular flexibility index (Phi) is 4.31. The Morgan fingerprint density at radius 1 is 1.27 bits per heavy atom. The van der Waals surface area contributed by atoms with Gasteiger partial charge in [-0.25, -0.2) is 0 Å². The number of nitrogens with one attached hydrogen (secondary N) is 1. The van der Waals surface area contributed by atoms with Crippen molar-refractivity contribution in [3.8, 4) is 0 Å². The van der Waals surface area contributed by atoms with Crippen LogP contribution in [0.4, 0.5) is 5.69 Å². The minimum absolute atomic E-state index is 0.109. The van der Waals surface area contributed by atoms with Gasteiger partial charge in [0.2, 0.25) is 5.91 Å². The van der Waals surface area contributed by atoms with E-state index in [0.29, 0.717) is 6.61 Å². The van der Waals surface area contributed by atoms with E-state index >= 15 is 0 Å². The van der Waals surface area contributed by atoms with Gasteiger partial charge in [-0.1, -0.05) is 6.07 Å². The summed E-state index contributed by atoms with van der Waals surface area (Å²) in [5.74, 6) is -0.109. The van der Waals surface area contributed by atoms with E-state index < -0.39 is 0 Å². The highest BCUT2D eigenvalue weighted by atomic mass is 16.5. The first-order valence-corrected chi connectivity index (χ1v) is 5.07. The highest BCUT2D eigenvalue weighted by Gasteiger charge is 2.02. The third-order valence-electron chi connectivity index (χ3n) is 1.94. The van der Waals surface area contributed by atoms with Gasteiger partial charge in [0.15, 0.2) is 0 Å².